The van der Waals surface area contributed by atoms with Gasteiger partial charge in [0.15, 0.2) is 0 Å². The zero-order valence-electron chi connectivity index (χ0n) is 13.9. The molecule has 0 spiro atoms. The van der Waals surface area contributed by atoms with Crippen LogP contribution < -0.4 is 0 Å². The van der Waals surface area contributed by atoms with E-state index in [4.69, 9.17) is 8.83 Å². The van der Waals surface area contributed by atoms with Crippen LogP contribution in [0.2, 0.25) is 0 Å². The summed E-state index contributed by atoms with van der Waals surface area (Å²) in [7, 11) is 0. The molecule has 1 N–H and O–H groups in total. The number of tetrazole rings is 1. The molecule has 132 valence electrons. The molecule has 1 aromatic carbocycles. The largest absolute Gasteiger partial charge is 0.508 e. The lowest BCUT2D eigenvalue weighted by Gasteiger charge is -2.03. The second-order valence-electron chi connectivity index (χ2n) is 5.51. The van der Waals surface area contributed by atoms with Crippen molar-refractivity contribution in [3.63, 3.8) is 0 Å². The first-order chi connectivity index (χ1) is 12.6. The summed E-state index contributed by atoms with van der Waals surface area (Å²) in [4.78, 5) is 0. The van der Waals surface area contributed by atoms with Gasteiger partial charge in [0.05, 0.1) is 17.0 Å². The van der Waals surface area contributed by atoms with E-state index in [9.17, 15) is 5.11 Å². The first-order valence-corrected chi connectivity index (χ1v) is 8.69. The van der Waals surface area contributed by atoms with Gasteiger partial charge in [-0.2, -0.15) is 4.68 Å². The Hall–Kier alpha value is -3.14. The Morgan fingerprint density at radius 1 is 1.08 bits per heavy atom. The van der Waals surface area contributed by atoms with Gasteiger partial charge in [-0.05, 0) is 54.6 Å². The highest BCUT2D eigenvalue weighted by Gasteiger charge is 2.16. The monoisotopic (exact) mass is 370 g/mol. The number of nitrogens with zero attached hydrogens (tertiary/aromatic N) is 6. The summed E-state index contributed by atoms with van der Waals surface area (Å²) < 4.78 is 12.8. The number of furan rings is 1. The number of aryl methyl sites for hydroxylation is 2. The Morgan fingerprint density at radius 2 is 1.88 bits per heavy atom. The predicted molar refractivity (Wildman–Crippen MR) is 91.9 cm³/mol. The lowest BCUT2D eigenvalue weighted by atomic mass is 10.2. The van der Waals surface area contributed by atoms with Crippen LogP contribution in [0.15, 0.2) is 44.3 Å². The normalized spacial score (nSPS) is 11.2. The van der Waals surface area contributed by atoms with Gasteiger partial charge >= 0.3 is 0 Å². The molecule has 0 aliphatic heterocycles. The number of hydrogen-bond donors (Lipinski definition) is 1. The van der Waals surface area contributed by atoms with Crippen LogP contribution in [0.1, 0.15) is 17.4 Å². The first-order valence-electron chi connectivity index (χ1n) is 7.70. The van der Waals surface area contributed by atoms with Crippen molar-refractivity contribution in [3.05, 3.63) is 47.7 Å². The maximum Gasteiger partial charge on any atom is 0.251 e. The van der Waals surface area contributed by atoms with E-state index in [1.165, 1.54) is 11.8 Å². The van der Waals surface area contributed by atoms with E-state index in [0.29, 0.717) is 22.7 Å². The Labute approximate surface area is 152 Å². The fourth-order valence-corrected chi connectivity index (χ4v) is 3.14. The second-order valence-corrected chi connectivity index (χ2v) is 6.45. The van der Waals surface area contributed by atoms with Gasteiger partial charge in [-0.25, -0.2) is 0 Å². The van der Waals surface area contributed by atoms with Gasteiger partial charge < -0.3 is 13.9 Å². The van der Waals surface area contributed by atoms with E-state index in [1.54, 1.807) is 28.9 Å². The maximum absolute atomic E-state index is 9.39. The molecule has 3 aromatic heterocycles. The van der Waals surface area contributed by atoms with Crippen LogP contribution in [0.5, 0.6) is 5.75 Å². The van der Waals surface area contributed by atoms with E-state index in [2.05, 4.69) is 25.7 Å². The van der Waals surface area contributed by atoms with Gasteiger partial charge in [0.25, 0.3) is 5.89 Å². The van der Waals surface area contributed by atoms with E-state index < -0.39 is 0 Å². The molecule has 0 bridgehead atoms. The minimum Gasteiger partial charge on any atom is -0.508 e. The number of thioether (sulfide) groups is 1. The van der Waals surface area contributed by atoms with Crippen LogP contribution in [0.3, 0.4) is 0 Å². The maximum atomic E-state index is 9.39. The SMILES string of the molecule is Cc1cc(-c2nnc(CSc3nnnn3-c3ccc(O)cc3)o2)c(C)o1. The lowest BCUT2D eigenvalue weighted by molar-refractivity contribution is 0.475. The smallest absolute Gasteiger partial charge is 0.251 e. The van der Waals surface area contributed by atoms with Gasteiger partial charge in [0.2, 0.25) is 11.0 Å². The van der Waals surface area contributed by atoms with Crippen molar-refractivity contribution in [1.82, 2.24) is 30.4 Å². The van der Waals surface area contributed by atoms with Crippen LogP contribution in [-0.4, -0.2) is 35.5 Å². The third kappa shape index (κ3) is 3.18. The third-order valence-electron chi connectivity index (χ3n) is 3.60. The summed E-state index contributed by atoms with van der Waals surface area (Å²) in [5.74, 6) is 3.01. The minimum atomic E-state index is 0.180. The minimum absolute atomic E-state index is 0.180. The summed E-state index contributed by atoms with van der Waals surface area (Å²) >= 11 is 1.37. The summed E-state index contributed by atoms with van der Waals surface area (Å²) in [6, 6.07) is 8.47. The van der Waals surface area contributed by atoms with Crippen molar-refractivity contribution in [1.29, 1.82) is 0 Å². The average molecular weight is 370 g/mol. The standard InChI is InChI=1S/C16H14N6O3S/c1-9-7-13(10(2)24-9)15-18-17-14(25-15)8-26-16-19-20-21-22(16)11-3-5-12(23)6-4-11/h3-7,23H,8H2,1-2H3. The molecule has 0 unspecified atom stereocenters. The second kappa shape index (κ2) is 6.64. The molecule has 9 nitrogen and oxygen atoms in total. The highest BCUT2D eigenvalue weighted by Crippen LogP contribution is 2.28. The Kier molecular flexibility index (Phi) is 4.17. The van der Waals surface area contributed by atoms with Crippen LogP contribution in [0.4, 0.5) is 0 Å². The molecule has 0 amide bonds. The van der Waals surface area contributed by atoms with E-state index in [1.807, 2.05) is 19.9 Å². The van der Waals surface area contributed by atoms with Crippen LogP contribution >= 0.6 is 11.8 Å². The van der Waals surface area contributed by atoms with Gasteiger partial charge in [-0.15, -0.1) is 15.3 Å². The van der Waals surface area contributed by atoms with Gasteiger partial charge in [-0.1, -0.05) is 11.8 Å². The number of rotatable bonds is 5. The molecule has 4 aromatic rings. The Balaban J connectivity index is 1.50. The summed E-state index contributed by atoms with van der Waals surface area (Å²) in [5.41, 5.74) is 1.53. The number of phenols is 1. The summed E-state index contributed by atoms with van der Waals surface area (Å²) in [5, 5.41) is 29.8. The zero-order chi connectivity index (χ0) is 18.1. The number of phenolic OH excluding ortho intramolecular Hbond substituents is 1. The highest BCUT2D eigenvalue weighted by atomic mass is 32.2. The van der Waals surface area contributed by atoms with Crippen molar-refractivity contribution in [2.75, 3.05) is 0 Å². The molecule has 10 heteroatoms. The molecule has 0 radical (unpaired) electrons. The first kappa shape index (κ1) is 16.3. The summed E-state index contributed by atoms with van der Waals surface area (Å²) in [6.45, 7) is 3.72. The van der Waals surface area contributed by atoms with Crippen molar-refractivity contribution < 1.29 is 13.9 Å². The van der Waals surface area contributed by atoms with Crippen molar-refractivity contribution in [3.8, 4) is 22.9 Å². The fourth-order valence-electron chi connectivity index (χ4n) is 2.42. The molecule has 0 atom stereocenters. The molecule has 4 rings (SSSR count). The highest BCUT2D eigenvalue weighted by molar-refractivity contribution is 7.98. The zero-order valence-corrected chi connectivity index (χ0v) is 14.8. The fraction of sp³-hybridized carbons (Fsp3) is 0.188. The Morgan fingerprint density at radius 3 is 2.62 bits per heavy atom. The van der Waals surface area contributed by atoms with Gasteiger partial charge in [-0.3, -0.25) is 0 Å². The molecule has 0 aliphatic rings. The molecule has 26 heavy (non-hydrogen) atoms. The Bertz CT molecular complexity index is 1040. The van der Waals surface area contributed by atoms with Crippen molar-refractivity contribution in [2.24, 2.45) is 0 Å². The van der Waals surface area contributed by atoms with Crippen LogP contribution in [-0.2, 0) is 5.75 Å². The van der Waals surface area contributed by atoms with Crippen LogP contribution in [0, 0.1) is 13.8 Å². The average Bonchev–Trinajstić information content (AvgIpc) is 3.33. The van der Waals surface area contributed by atoms with E-state index >= 15 is 0 Å². The predicted octanol–water partition coefficient (Wildman–Crippen LogP) is 2.92. The number of hydrogen-bond acceptors (Lipinski definition) is 9. The molecular formula is C16H14N6O3S. The number of aromatic hydroxyl groups is 1. The molecule has 0 saturated carbocycles. The molecule has 3 heterocycles. The topological polar surface area (TPSA) is 116 Å². The quantitative estimate of drug-likeness (QED) is 0.529. The van der Waals surface area contributed by atoms with E-state index in [-0.39, 0.29) is 5.75 Å². The van der Waals surface area contributed by atoms with Gasteiger partial charge in [0, 0.05) is 0 Å². The lowest BCUT2D eigenvalue weighted by Crippen LogP contribution is -1.98. The van der Waals surface area contributed by atoms with E-state index in [0.717, 1.165) is 22.8 Å². The molecular weight excluding hydrogens is 356 g/mol. The molecule has 0 aliphatic carbocycles. The number of aromatic nitrogens is 6. The molecule has 0 fully saturated rings. The number of benzene rings is 1. The summed E-state index contributed by atoms with van der Waals surface area (Å²) in [6.07, 6.45) is 0. The van der Waals surface area contributed by atoms with Gasteiger partial charge in [0.1, 0.15) is 17.3 Å². The molecule has 0 saturated heterocycles. The van der Waals surface area contributed by atoms with Crippen molar-refractivity contribution >= 4 is 11.8 Å². The van der Waals surface area contributed by atoms with Crippen molar-refractivity contribution in [2.45, 2.75) is 24.8 Å². The third-order valence-corrected chi connectivity index (χ3v) is 4.50. The van der Waals surface area contributed by atoms with Crippen LogP contribution in [0.25, 0.3) is 17.1 Å².